The highest BCUT2D eigenvalue weighted by atomic mass is 32.1. The van der Waals surface area contributed by atoms with E-state index >= 15 is 0 Å². The molecule has 96 valence electrons. The molecule has 0 aliphatic heterocycles. The van der Waals surface area contributed by atoms with E-state index < -0.39 is 0 Å². The molecule has 0 spiro atoms. The van der Waals surface area contributed by atoms with Gasteiger partial charge in [0, 0.05) is 12.8 Å². The zero-order valence-electron chi connectivity index (χ0n) is 10.8. The maximum absolute atomic E-state index is 11.3. The van der Waals surface area contributed by atoms with Gasteiger partial charge >= 0.3 is 0 Å². The number of hydrogen-bond acceptors (Lipinski definition) is 2. The minimum atomic E-state index is 0.431. The highest BCUT2D eigenvalue weighted by Gasteiger charge is 2.00. The number of rotatable bonds is 12. The van der Waals surface area contributed by atoms with Gasteiger partial charge < -0.3 is 0 Å². The van der Waals surface area contributed by atoms with Gasteiger partial charge in [-0.3, -0.25) is 4.79 Å². The monoisotopic (exact) mass is 244 g/mol. The van der Waals surface area contributed by atoms with Crippen LogP contribution in [0.3, 0.4) is 0 Å². The van der Waals surface area contributed by atoms with Gasteiger partial charge in [-0.25, -0.2) is 0 Å². The first-order chi connectivity index (χ1) is 7.81. The number of unbranched alkanes of at least 4 members (excludes halogenated alkanes) is 7. The van der Waals surface area contributed by atoms with Gasteiger partial charge in [0.1, 0.15) is 5.78 Å². The third kappa shape index (κ3) is 12.1. The molecule has 0 bridgehead atoms. The van der Waals surface area contributed by atoms with E-state index in [2.05, 4.69) is 19.6 Å². The molecule has 0 aliphatic carbocycles. The lowest BCUT2D eigenvalue weighted by atomic mass is 10.0. The summed E-state index contributed by atoms with van der Waals surface area (Å²) in [6.07, 6.45) is 12.9. The fourth-order valence-corrected chi connectivity index (χ4v) is 2.02. The molecule has 0 fully saturated rings. The van der Waals surface area contributed by atoms with Crippen LogP contribution in [0.15, 0.2) is 0 Å². The molecule has 0 aromatic carbocycles. The summed E-state index contributed by atoms with van der Waals surface area (Å²) in [6, 6.07) is 0. The summed E-state index contributed by atoms with van der Waals surface area (Å²) in [7, 11) is 0. The van der Waals surface area contributed by atoms with Crippen molar-refractivity contribution in [3.05, 3.63) is 0 Å². The average Bonchev–Trinajstić information content (AvgIpc) is 2.30. The molecule has 0 atom stereocenters. The molecule has 0 aliphatic rings. The second-order valence-corrected chi connectivity index (χ2v) is 5.04. The van der Waals surface area contributed by atoms with Crippen LogP contribution >= 0.6 is 12.6 Å². The topological polar surface area (TPSA) is 17.1 Å². The Hall–Kier alpha value is 0.0200. The highest BCUT2D eigenvalue weighted by Crippen LogP contribution is 2.10. The lowest BCUT2D eigenvalue weighted by Gasteiger charge is -2.01. The number of Topliss-reactive ketones (excluding diaryl/α,β-unsaturated/α-hetero) is 1. The first-order valence-electron chi connectivity index (χ1n) is 6.93. The number of thiol groups is 1. The molecule has 0 amide bonds. The van der Waals surface area contributed by atoms with Crippen molar-refractivity contribution >= 4 is 18.4 Å². The van der Waals surface area contributed by atoms with Crippen molar-refractivity contribution in [3.63, 3.8) is 0 Å². The van der Waals surface area contributed by atoms with Gasteiger partial charge in [0.25, 0.3) is 0 Å². The molecular weight excluding hydrogens is 216 g/mol. The van der Waals surface area contributed by atoms with Crippen LogP contribution in [0.1, 0.15) is 77.6 Å². The molecule has 0 aromatic heterocycles. The largest absolute Gasteiger partial charge is 0.300 e. The van der Waals surface area contributed by atoms with Crippen molar-refractivity contribution in [2.45, 2.75) is 77.6 Å². The summed E-state index contributed by atoms with van der Waals surface area (Å²) >= 11 is 4.11. The van der Waals surface area contributed by atoms with E-state index in [9.17, 15) is 4.79 Å². The number of carbonyl (C=O) groups is 1. The first-order valence-corrected chi connectivity index (χ1v) is 7.57. The van der Waals surface area contributed by atoms with E-state index in [4.69, 9.17) is 0 Å². The van der Waals surface area contributed by atoms with Crippen molar-refractivity contribution < 1.29 is 4.79 Å². The van der Waals surface area contributed by atoms with Crippen LogP contribution in [0.4, 0.5) is 0 Å². The Labute approximate surface area is 107 Å². The summed E-state index contributed by atoms with van der Waals surface area (Å²) in [5.74, 6) is 1.27. The van der Waals surface area contributed by atoms with Crippen molar-refractivity contribution in [2.24, 2.45) is 0 Å². The van der Waals surface area contributed by atoms with Gasteiger partial charge in [-0.15, -0.1) is 0 Å². The van der Waals surface area contributed by atoms with Gasteiger partial charge in [-0.2, -0.15) is 12.6 Å². The summed E-state index contributed by atoms with van der Waals surface area (Å²) in [4.78, 5) is 11.3. The predicted octanol–water partition coefficient (Wildman–Crippen LogP) is 4.80. The second-order valence-electron chi connectivity index (χ2n) is 4.59. The van der Waals surface area contributed by atoms with E-state index in [0.717, 1.165) is 31.4 Å². The van der Waals surface area contributed by atoms with Gasteiger partial charge in [-0.1, -0.05) is 51.9 Å². The Morgan fingerprint density at radius 2 is 1.31 bits per heavy atom. The standard InChI is InChI=1S/C14H28OS/c1-2-3-4-5-6-7-8-9-11-14(15)12-10-13-16/h16H,2-13H2,1H3. The Kier molecular flexibility index (Phi) is 13.1. The van der Waals surface area contributed by atoms with Crippen LogP contribution in [-0.4, -0.2) is 11.5 Å². The molecular formula is C14H28OS. The predicted molar refractivity (Wildman–Crippen MR) is 75.3 cm³/mol. The van der Waals surface area contributed by atoms with Crippen molar-refractivity contribution in [2.75, 3.05) is 5.75 Å². The van der Waals surface area contributed by atoms with E-state index in [1.54, 1.807) is 0 Å². The SMILES string of the molecule is CCCCCCCCCCC(=O)CCCS. The molecule has 0 unspecified atom stereocenters. The minimum absolute atomic E-state index is 0.431. The van der Waals surface area contributed by atoms with Crippen LogP contribution in [-0.2, 0) is 4.79 Å². The van der Waals surface area contributed by atoms with Gasteiger partial charge in [0.15, 0.2) is 0 Å². The summed E-state index contributed by atoms with van der Waals surface area (Å²) in [5, 5.41) is 0. The molecule has 1 nitrogen and oxygen atoms in total. The van der Waals surface area contributed by atoms with Crippen LogP contribution < -0.4 is 0 Å². The van der Waals surface area contributed by atoms with Crippen LogP contribution in [0.2, 0.25) is 0 Å². The molecule has 0 saturated heterocycles. The summed E-state index contributed by atoms with van der Waals surface area (Å²) in [6.45, 7) is 2.25. The molecule has 2 heteroatoms. The van der Waals surface area contributed by atoms with Crippen LogP contribution in [0.5, 0.6) is 0 Å². The highest BCUT2D eigenvalue weighted by molar-refractivity contribution is 7.80. The molecule has 0 N–H and O–H groups in total. The summed E-state index contributed by atoms with van der Waals surface area (Å²) < 4.78 is 0. The number of ketones is 1. The lowest BCUT2D eigenvalue weighted by Crippen LogP contribution is -1.97. The molecule has 16 heavy (non-hydrogen) atoms. The quantitative estimate of drug-likeness (QED) is 0.385. The molecule has 0 saturated carbocycles. The Balaban J connectivity index is 3.05. The number of carbonyl (C=O) groups excluding carboxylic acids is 1. The second kappa shape index (κ2) is 13.1. The first kappa shape index (κ1) is 16.0. The van der Waals surface area contributed by atoms with E-state index in [0.29, 0.717) is 5.78 Å². The number of hydrogen-bond donors (Lipinski definition) is 1. The van der Waals surface area contributed by atoms with Crippen molar-refractivity contribution in [1.82, 2.24) is 0 Å². The fraction of sp³-hybridized carbons (Fsp3) is 0.929. The fourth-order valence-electron chi connectivity index (χ4n) is 1.86. The maximum atomic E-state index is 11.3. The minimum Gasteiger partial charge on any atom is -0.300 e. The molecule has 0 radical (unpaired) electrons. The van der Waals surface area contributed by atoms with Crippen LogP contribution in [0.25, 0.3) is 0 Å². The molecule has 0 rings (SSSR count). The molecule has 0 heterocycles. The summed E-state index contributed by atoms with van der Waals surface area (Å²) in [5.41, 5.74) is 0. The van der Waals surface area contributed by atoms with Crippen molar-refractivity contribution in [3.8, 4) is 0 Å². The van der Waals surface area contributed by atoms with Gasteiger partial charge in [-0.05, 0) is 18.6 Å². The van der Waals surface area contributed by atoms with E-state index in [1.807, 2.05) is 0 Å². The Morgan fingerprint density at radius 1 is 0.812 bits per heavy atom. The Morgan fingerprint density at radius 3 is 1.88 bits per heavy atom. The maximum Gasteiger partial charge on any atom is 0.132 e. The Bertz CT molecular complexity index is 157. The van der Waals surface area contributed by atoms with Crippen molar-refractivity contribution in [1.29, 1.82) is 0 Å². The van der Waals surface area contributed by atoms with Gasteiger partial charge in [0.05, 0.1) is 0 Å². The zero-order valence-corrected chi connectivity index (χ0v) is 11.7. The van der Waals surface area contributed by atoms with E-state index in [-0.39, 0.29) is 0 Å². The third-order valence-electron chi connectivity index (χ3n) is 2.92. The zero-order chi connectivity index (χ0) is 12.1. The van der Waals surface area contributed by atoms with E-state index in [1.165, 1.54) is 44.9 Å². The molecule has 0 aromatic rings. The van der Waals surface area contributed by atoms with Gasteiger partial charge in [0.2, 0.25) is 0 Å². The van der Waals surface area contributed by atoms with Crippen LogP contribution in [0, 0.1) is 0 Å². The third-order valence-corrected chi connectivity index (χ3v) is 3.24. The normalized spacial score (nSPS) is 10.6. The smallest absolute Gasteiger partial charge is 0.132 e. The lowest BCUT2D eigenvalue weighted by molar-refractivity contribution is -0.119. The average molecular weight is 244 g/mol.